The zero-order valence-corrected chi connectivity index (χ0v) is 15.3. The van der Waals surface area contributed by atoms with Crippen LogP contribution in [0.15, 0.2) is 23.0 Å². The van der Waals surface area contributed by atoms with Gasteiger partial charge in [-0.1, -0.05) is 6.92 Å². The van der Waals surface area contributed by atoms with Crippen LogP contribution in [0.3, 0.4) is 0 Å². The Kier molecular flexibility index (Phi) is 3.80. The molecule has 1 aliphatic heterocycles. The van der Waals surface area contributed by atoms with Crippen LogP contribution in [0.4, 0.5) is 5.82 Å². The highest BCUT2D eigenvalue weighted by molar-refractivity contribution is 5.44. The molecule has 6 nitrogen and oxygen atoms in total. The second kappa shape index (κ2) is 6.18. The summed E-state index contributed by atoms with van der Waals surface area (Å²) >= 11 is 0. The third kappa shape index (κ3) is 3.02. The first-order chi connectivity index (χ1) is 12.7. The van der Waals surface area contributed by atoms with Crippen molar-refractivity contribution in [2.75, 3.05) is 18.0 Å². The van der Waals surface area contributed by atoms with Crippen molar-refractivity contribution in [1.29, 1.82) is 0 Å². The number of hydrogen-bond donors (Lipinski definition) is 0. The number of fused-ring (bicyclic) bond motifs is 1. The van der Waals surface area contributed by atoms with Crippen LogP contribution in [0.2, 0.25) is 0 Å². The largest absolute Gasteiger partial charge is 0.354 e. The molecule has 0 N–H and O–H groups in total. The zero-order valence-electron chi connectivity index (χ0n) is 15.3. The van der Waals surface area contributed by atoms with E-state index in [0.29, 0.717) is 18.4 Å². The predicted molar refractivity (Wildman–Crippen MR) is 99.4 cm³/mol. The normalized spacial score (nSPS) is 22.8. The molecule has 3 aliphatic rings. The molecule has 0 amide bonds. The van der Waals surface area contributed by atoms with Gasteiger partial charge >= 0.3 is 0 Å². The molecule has 0 spiro atoms. The number of aryl methyl sites for hydroxylation is 1. The Hall–Kier alpha value is -2.24. The Morgan fingerprint density at radius 2 is 2.00 bits per heavy atom. The lowest BCUT2D eigenvalue weighted by atomic mass is 9.88. The Morgan fingerprint density at radius 3 is 2.81 bits per heavy atom. The number of aromatic nitrogens is 4. The first-order valence-corrected chi connectivity index (χ1v) is 9.84. The van der Waals surface area contributed by atoms with Crippen molar-refractivity contribution in [2.24, 2.45) is 11.8 Å². The summed E-state index contributed by atoms with van der Waals surface area (Å²) in [5.74, 6) is 2.75. The van der Waals surface area contributed by atoms with E-state index in [9.17, 15) is 4.79 Å². The van der Waals surface area contributed by atoms with Gasteiger partial charge in [0.25, 0.3) is 5.56 Å². The minimum Gasteiger partial charge on any atom is -0.354 e. The maximum Gasteiger partial charge on any atom is 0.266 e. The lowest BCUT2D eigenvalue weighted by molar-refractivity contribution is 0.330. The summed E-state index contributed by atoms with van der Waals surface area (Å²) in [6.07, 6.45) is 5.80. The third-order valence-electron chi connectivity index (χ3n) is 5.98. The summed E-state index contributed by atoms with van der Waals surface area (Å²) in [7, 11) is 0. The molecular formula is C20H25N5O. The molecule has 1 saturated carbocycles. The molecule has 136 valence electrons. The molecule has 0 radical (unpaired) electrons. The highest BCUT2D eigenvalue weighted by atomic mass is 16.1. The molecule has 2 fully saturated rings. The van der Waals surface area contributed by atoms with Gasteiger partial charge in [0.05, 0.1) is 17.9 Å². The van der Waals surface area contributed by atoms with Gasteiger partial charge in [0.1, 0.15) is 0 Å². The summed E-state index contributed by atoms with van der Waals surface area (Å²) in [5.41, 5.74) is 3.63. The molecule has 0 bridgehead atoms. The van der Waals surface area contributed by atoms with Crippen molar-refractivity contribution in [1.82, 2.24) is 20.0 Å². The first-order valence-electron chi connectivity index (χ1n) is 9.84. The number of rotatable bonds is 4. The van der Waals surface area contributed by atoms with Crippen LogP contribution in [0.1, 0.15) is 49.1 Å². The van der Waals surface area contributed by atoms with Crippen LogP contribution < -0.4 is 10.5 Å². The van der Waals surface area contributed by atoms with E-state index in [2.05, 4.69) is 33.2 Å². The average molecular weight is 351 g/mol. The summed E-state index contributed by atoms with van der Waals surface area (Å²) in [6.45, 7) is 4.85. The topological polar surface area (TPSA) is 63.9 Å². The second-order valence-corrected chi connectivity index (χ2v) is 8.35. The molecule has 26 heavy (non-hydrogen) atoms. The molecule has 1 saturated heterocycles. The van der Waals surface area contributed by atoms with E-state index in [4.69, 9.17) is 0 Å². The van der Waals surface area contributed by atoms with Gasteiger partial charge in [0, 0.05) is 31.0 Å². The second-order valence-electron chi connectivity index (χ2n) is 8.35. The average Bonchev–Trinajstić information content (AvgIpc) is 3.43. The molecule has 2 aromatic heterocycles. The number of hydrogen-bond acceptors (Lipinski definition) is 5. The maximum atomic E-state index is 12.1. The summed E-state index contributed by atoms with van der Waals surface area (Å²) < 4.78 is 1.66. The lowest BCUT2D eigenvalue weighted by Crippen LogP contribution is -2.50. The molecule has 2 aromatic rings. The summed E-state index contributed by atoms with van der Waals surface area (Å²) in [5, 5.41) is 13.5. The van der Waals surface area contributed by atoms with E-state index >= 15 is 0 Å². The van der Waals surface area contributed by atoms with Crippen molar-refractivity contribution >= 4 is 5.82 Å². The Labute approximate surface area is 153 Å². The van der Waals surface area contributed by atoms with Gasteiger partial charge in [-0.25, -0.2) is 4.68 Å². The van der Waals surface area contributed by atoms with Crippen molar-refractivity contribution < 1.29 is 0 Å². The fourth-order valence-electron chi connectivity index (χ4n) is 4.16. The maximum absolute atomic E-state index is 12.1. The fourth-order valence-corrected chi connectivity index (χ4v) is 4.16. The van der Waals surface area contributed by atoms with E-state index in [1.807, 2.05) is 6.07 Å². The van der Waals surface area contributed by atoms with Crippen LogP contribution in [0.5, 0.6) is 0 Å². The Bertz CT molecular complexity index is 882. The quantitative estimate of drug-likeness (QED) is 0.845. The van der Waals surface area contributed by atoms with E-state index in [1.165, 1.54) is 30.5 Å². The molecule has 6 heteroatoms. The standard InChI is InChI=1S/C20H25N5O/c1-13-2-5-17-16(8-13)9-19(22-21-17)24-10-14(11-24)12-25-20(26)7-6-18(23-25)15-3-4-15/h6-7,9,13-15H,2-5,8,10-12H2,1H3. The van der Waals surface area contributed by atoms with Crippen molar-refractivity contribution in [3.63, 3.8) is 0 Å². The van der Waals surface area contributed by atoms with E-state index in [-0.39, 0.29) is 5.56 Å². The minimum atomic E-state index is 0.00964. The molecule has 2 aliphatic carbocycles. The fraction of sp³-hybridized carbons (Fsp3) is 0.600. The first kappa shape index (κ1) is 16.0. The van der Waals surface area contributed by atoms with Gasteiger partial charge in [0.2, 0.25) is 0 Å². The van der Waals surface area contributed by atoms with Gasteiger partial charge in [0.15, 0.2) is 5.82 Å². The third-order valence-corrected chi connectivity index (χ3v) is 5.98. The van der Waals surface area contributed by atoms with Gasteiger partial charge in [-0.2, -0.15) is 10.2 Å². The van der Waals surface area contributed by atoms with Gasteiger partial charge in [-0.05, 0) is 55.7 Å². The van der Waals surface area contributed by atoms with Crippen LogP contribution in [0, 0.1) is 11.8 Å². The van der Waals surface area contributed by atoms with Crippen LogP contribution in [-0.4, -0.2) is 33.1 Å². The Balaban J connectivity index is 1.25. The minimum absolute atomic E-state index is 0.00964. The highest BCUT2D eigenvalue weighted by Crippen LogP contribution is 2.38. The van der Waals surface area contributed by atoms with Crippen LogP contribution in [0.25, 0.3) is 0 Å². The highest BCUT2D eigenvalue weighted by Gasteiger charge is 2.31. The van der Waals surface area contributed by atoms with E-state index < -0.39 is 0 Å². The molecule has 3 heterocycles. The SMILES string of the molecule is CC1CCc2nnc(N3CC(Cn4nc(C5CC5)ccc4=O)C3)cc2C1. The Morgan fingerprint density at radius 1 is 1.15 bits per heavy atom. The molecule has 5 rings (SSSR count). The molecular weight excluding hydrogens is 326 g/mol. The number of nitrogens with zero attached hydrogens (tertiary/aromatic N) is 5. The molecule has 1 unspecified atom stereocenters. The molecule has 0 aromatic carbocycles. The van der Waals surface area contributed by atoms with Crippen molar-refractivity contribution in [3.05, 3.63) is 45.5 Å². The van der Waals surface area contributed by atoms with Gasteiger partial charge in [-0.3, -0.25) is 4.79 Å². The zero-order chi connectivity index (χ0) is 17.7. The monoisotopic (exact) mass is 351 g/mol. The van der Waals surface area contributed by atoms with Gasteiger partial charge < -0.3 is 4.90 Å². The van der Waals surface area contributed by atoms with Crippen LogP contribution in [-0.2, 0) is 19.4 Å². The van der Waals surface area contributed by atoms with E-state index in [0.717, 1.165) is 43.4 Å². The summed E-state index contributed by atoms with van der Waals surface area (Å²) in [6, 6.07) is 5.80. The van der Waals surface area contributed by atoms with Crippen molar-refractivity contribution in [2.45, 2.75) is 51.5 Å². The van der Waals surface area contributed by atoms with Crippen molar-refractivity contribution in [3.8, 4) is 0 Å². The van der Waals surface area contributed by atoms with E-state index in [1.54, 1.807) is 10.7 Å². The number of anilines is 1. The smallest absolute Gasteiger partial charge is 0.266 e. The summed E-state index contributed by atoms with van der Waals surface area (Å²) in [4.78, 5) is 14.4. The lowest BCUT2D eigenvalue weighted by Gasteiger charge is -2.40. The van der Waals surface area contributed by atoms with Crippen LogP contribution >= 0.6 is 0 Å². The van der Waals surface area contributed by atoms with Gasteiger partial charge in [-0.15, -0.1) is 5.10 Å². The predicted octanol–water partition coefficient (Wildman–Crippen LogP) is 2.17. The molecule has 1 atom stereocenters.